The second-order valence-electron chi connectivity index (χ2n) is 6.81. The minimum Gasteiger partial charge on any atom is -0.357 e. The highest BCUT2D eigenvalue weighted by Gasteiger charge is 2.16. The highest BCUT2D eigenvalue weighted by Crippen LogP contribution is 2.15. The van der Waals surface area contributed by atoms with Gasteiger partial charge in [-0.3, -0.25) is 4.98 Å². The Hall–Kier alpha value is -2.67. The zero-order chi connectivity index (χ0) is 19.6. The molecule has 0 aliphatic carbocycles. The minimum absolute atomic E-state index is 0.613. The molecule has 0 aromatic carbocycles. The summed E-state index contributed by atoms with van der Waals surface area (Å²) in [6.07, 6.45) is 3.69. The molecule has 7 heteroatoms. The van der Waals surface area contributed by atoms with Crippen molar-refractivity contribution in [2.75, 3.05) is 44.2 Å². The minimum atomic E-state index is 0.613. The first-order valence-corrected chi connectivity index (χ1v) is 10.1. The standard InChI is InChI=1S/C21H31N7/c1-3-22-21(26-17-19-7-5-6-9-23-19)25-16-18-8-10-24-20(15-18)28-13-11-27(4-2)12-14-28/h5-10,15H,3-4,11-14,16-17H2,1-2H3,(H2,22,25,26). The zero-order valence-electron chi connectivity index (χ0n) is 16.9. The van der Waals surface area contributed by atoms with Crippen molar-refractivity contribution in [2.45, 2.75) is 26.9 Å². The Kier molecular flexibility index (Phi) is 7.61. The fourth-order valence-corrected chi connectivity index (χ4v) is 3.21. The number of hydrogen-bond donors (Lipinski definition) is 2. The summed E-state index contributed by atoms with van der Waals surface area (Å²) in [6.45, 7) is 11.7. The monoisotopic (exact) mass is 381 g/mol. The SMILES string of the molecule is CCNC(=NCc1ccnc(N2CCN(CC)CC2)c1)NCc1ccccn1. The largest absolute Gasteiger partial charge is 0.357 e. The lowest BCUT2D eigenvalue weighted by Crippen LogP contribution is -2.46. The second kappa shape index (κ2) is 10.6. The zero-order valence-corrected chi connectivity index (χ0v) is 16.9. The van der Waals surface area contributed by atoms with E-state index in [4.69, 9.17) is 4.99 Å². The topological polar surface area (TPSA) is 68.7 Å². The molecule has 3 rings (SSSR count). The molecule has 3 heterocycles. The predicted molar refractivity (Wildman–Crippen MR) is 114 cm³/mol. The van der Waals surface area contributed by atoms with Gasteiger partial charge in [0.25, 0.3) is 0 Å². The molecular formula is C21H31N7. The first kappa shape index (κ1) is 20.1. The van der Waals surface area contributed by atoms with Crippen LogP contribution >= 0.6 is 0 Å². The summed E-state index contributed by atoms with van der Waals surface area (Å²) < 4.78 is 0. The molecular weight excluding hydrogens is 350 g/mol. The average Bonchev–Trinajstić information content (AvgIpc) is 2.76. The molecule has 150 valence electrons. The number of rotatable bonds is 7. The smallest absolute Gasteiger partial charge is 0.191 e. The van der Waals surface area contributed by atoms with Gasteiger partial charge in [0.2, 0.25) is 0 Å². The summed E-state index contributed by atoms with van der Waals surface area (Å²) in [6, 6.07) is 10.1. The molecule has 2 N–H and O–H groups in total. The number of anilines is 1. The number of nitrogens with zero attached hydrogens (tertiary/aromatic N) is 5. The van der Waals surface area contributed by atoms with Crippen LogP contribution in [0.4, 0.5) is 5.82 Å². The Labute approximate surface area is 167 Å². The summed E-state index contributed by atoms with van der Waals surface area (Å²) in [5.41, 5.74) is 2.16. The third-order valence-corrected chi connectivity index (χ3v) is 4.88. The Morgan fingerprint density at radius 3 is 2.61 bits per heavy atom. The summed E-state index contributed by atoms with van der Waals surface area (Å²) in [7, 11) is 0. The van der Waals surface area contributed by atoms with Gasteiger partial charge in [0.1, 0.15) is 5.82 Å². The van der Waals surface area contributed by atoms with E-state index in [1.807, 2.05) is 30.5 Å². The van der Waals surface area contributed by atoms with Crippen molar-refractivity contribution in [3.63, 3.8) is 0 Å². The van der Waals surface area contributed by atoms with Crippen molar-refractivity contribution in [3.8, 4) is 0 Å². The Bertz CT molecular complexity index is 739. The van der Waals surface area contributed by atoms with Gasteiger partial charge in [-0.1, -0.05) is 13.0 Å². The van der Waals surface area contributed by atoms with Gasteiger partial charge in [0.05, 0.1) is 18.8 Å². The van der Waals surface area contributed by atoms with Gasteiger partial charge in [-0.15, -0.1) is 0 Å². The molecule has 0 radical (unpaired) electrons. The van der Waals surface area contributed by atoms with Crippen molar-refractivity contribution in [3.05, 3.63) is 54.0 Å². The number of piperazine rings is 1. The van der Waals surface area contributed by atoms with E-state index in [9.17, 15) is 0 Å². The van der Waals surface area contributed by atoms with Crippen LogP contribution in [0.15, 0.2) is 47.7 Å². The lowest BCUT2D eigenvalue weighted by molar-refractivity contribution is 0.270. The van der Waals surface area contributed by atoms with E-state index in [1.165, 1.54) is 0 Å². The fraction of sp³-hybridized carbons (Fsp3) is 0.476. The molecule has 0 bridgehead atoms. The van der Waals surface area contributed by atoms with Gasteiger partial charge in [-0.2, -0.15) is 0 Å². The van der Waals surface area contributed by atoms with Gasteiger partial charge in [0.15, 0.2) is 5.96 Å². The third-order valence-electron chi connectivity index (χ3n) is 4.88. The molecule has 7 nitrogen and oxygen atoms in total. The molecule has 0 amide bonds. The fourth-order valence-electron chi connectivity index (χ4n) is 3.21. The Balaban J connectivity index is 1.59. The van der Waals surface area contributed by atoms with Crippen molar-refractivity contribution in [1.82, 2.24) is 25.5 Å². The maximum Gasteiger partial charge on any atom is 0.191 e. The molecule has 2 aromatic rings. The average molecular weight is 382 g/mol. The van der Waals surface area contributed by atoms with Crippen molar-refractivity contribution in [2.24, 2.45) is 4.99 Å². The summed E-state index contributed by atoms with van der Waals surface area (Å²) in [4.78, 5) is 18.5. The van der Waals surface area contributed by atoms with Crippen LogP contribution in [0.5, 0.6) is 0 Å². The van der Waals surface area contributed by atoms with E-state index in [2.05, 4.69) is 50.3 Å². The van der Waals surface area contributed by atoms with Crippen LogP contribution in [0.3, 0.4) is 0 Å². The number of aromatic nitrogens is 2. The lowest BCUT2D eigenvalue weighted by Gasteiger charge is -2.34. The number of likely N-dealkylation sites (N-methyl/N-ethyl adjacent to an activating group) is 1. The van der Waals surface area contributed by atoms with Crippen LogP contribution in [-0.2, 0) is 13.1 Å². The molecule has 1 aliphatic heterocycles. The van der Waals surface area contributed by atoms with E-state index in [0.29, 0.717) is 13.1 Å². The maximum atomic E-state index is 4.72. The van der Waals surface area contributed by atoms with Crippen LogP contribution in [-0.4, -0.2) is 60.1 Å². The number of aliphatic imine (C=N–C) groups is 1. The van der Waals surface area contributed by atoms with Crippen LogP contribution in [0.25, 0.3) is 0 Å². The second-order valence-corrected chi connectivity index (χ2v) is 6.81. The number of nitrogens with one attached hydrogen (secondary N) is 2. The number of guanidine groups is 1. The van der Waals surface area contributed by atoms with Crippen LogP contribution in [0, 0.1) is 0 Å². The Morgan fingerprint density at radius 2 is 1.89 bits per heavy atom. The highest BCUT2D eigenvalue weighted by atomic mass is 15.3. The molecule has 0 spiro atoms. The van der Waals surface area contributed by atoms with Gasteiger partial charge in [-0.25, -0.2) is 9.98 Å². The highest BCUT2D eigenvalue weighted by molar-refractivity contribution is 5.79. The summed E-state index contributed by atoms with van der Waals surface area (Å²) in [5.74, 6) is 1.85. The predicted octanol–water partition coefficient (Wildman–Crippen LogP) is 1.87. The molecule has 0 saturated carbocycles. The molecule has 1 aliphatic rings. The third kappa shape index (κ3) is 5.92. The molecule has 2 aromatic heterocycles. The van der Waals surface area contributed by atoms with Crippen LogP contribution < -0.4 is 15.5 Å². The van der Waals surface area contributed by atoms with Crippen molar-refractivity contribution < 1.29 is 0 Å². The van der Waals surface area contributed by atoms with Crippen molar-refractivity contribution >= 4 is 11.8 Å². The normalized spacial score (nSPS) is 15.5. The first-order chi connectivity index (χ1) is 13.8. The van der Waals surface area contributed by atoms with E-state index in [0.717, 1.165) is 62.3 Å². The lowest BCUT2D eigenvalue weighted by atomic mass is 10.2. The van der Waals surface area contributed by atoms with E-state index in [-0.39, 0.29) is 0 Å². The van der Waals surface area contributed by atoms with Crippen LogP contribution in [0.1, 0.15) is 25.1 Å². The first-order valence-electron chi connectivity index (χ1n) is 10.1. The number of hydrogen-bond acceptors (Lipinski definition) is 5. The van der Waals surface area contributed by atoms with E-state index >= 15 is 0 Å². The molecule has 0 unspecified atom stereocenters. The van der Waals surface area contributed by atoms with Gasteiger partial charge >= 0.3 is 0 Å². The van der Waals surface area contributed by atoms with Gasteiger partial charge in [-0.05, 0) is 43.3 Å². The van der Waals surface area contributed by atoms with Crippen LogP contribution in [0.2, 0.25) is 0 Å². The van der Waals surface area contributed by atoms with E-state index in [1.54, 1.807) is 6.20 Å². The quantitative estimate of drug-likeness (QED) is 0.564. The Morgan fingerprint density at radius 1 is 1.04 bits per heavy atom. The van der Waals surface area contributed by atoms with Crippen molar-refractivity contribution in [1.29, 1.82) is 0 Å². The molecule has 1 fully saturated rings. The van der Waals surface area contributed by atoms with E-state index < -0.39 is 0 Å². The summed E-state index contributed by atoms with van der Waals surface area (Å²) >= 11 is 0. The summed E-state index contributed by atoms with van der Waals surface area (Å²) in [5, 5.41) is 6.63. The van der Waals surface area contributed by atoms with Gasteiger partial charge in [0, 0.05) is 45.1 Å². The maximum absolute atomic E-state index is 4.72. The molecule has 0 atom stereocenters. The number of pyridine rings is 2. The molecule has 1 saturated heterocycles. The van der Waals surface area contributed by atoms with Gasteiger partial charge < -0.3 is 20.4 Å². The molecule has 28 heavy (non-hydrogen) atoms.